The molecule has 2 unspecified atom stereocenters. The monoisotopic (exact) mass is 192 g/mol. The van der Waals surface area contributed by atoms with Crippen LogP contribution in [0.25, 0.3) is 0 Å². The molecule has 1 fully saturated rings. The zero-order valence-corrected chi connectivity index (χ0v) is 8.69. The zero-order valence-electron chi connectivity index (χ0n) is 8.69. The zero-order chi connectivity index (χ0) is 9.97. The Balaban J connectivity index is 1.92. The molecule has 0 radical (unpaired) electrons. The second kappa shape index (κ2) is 4.01. The van der Waals surface area contributed by atoms with E-state index in [4.69, 9.17) is 9.47 Å². The van der Waals surface area contributed by atoms with Gasteiger partial charge in [-0.25, -0.2) is 0 Å². The Bertz CT molecular complexity index is 292. The van der Waals surface area contributed by atoms with Gasteiger partial charge in [0.2, 0.25) is 6.29 Å². The number of benzene rings is 1. The molecule has 76 valence electrons. The Kier molecular flexibility index (Phi) is 2.73. The average molecular weight is 192 g/mol. The fourth-order valence-electron chi connectivity index (χ4n) is 1.45. The van der Waals surface area contributed by atoms with E-state index in [1.165, 1.54) is 12.0 Å². The van der Waals surface area contributed by atoms with E-state index < -0.39 is 0 Å². The Morgan fingerprint density at radius 1 is 1.29 bits per heavy atom. The number of aryl methyl sites for hydroxylation is 1. The van der Waals surface area contributed by atoms with E-state index in [9.17, 15) is 0 Å². The quantitative estimate of drug-likeness (QED) is 0.684. The molecule has 0 aliphatic carbocycles. The van der Waals surface area contributed by atoms with Gasteiger partial charge in [0.05, 0.1) is 0 Å². The molecule has 0 aromatic heterocycles. The van der Waals surface area contributed by atoms with Crippen LogP contribution in [-0.2, 0) is 11.2 Å². The van der Waals surface area contributed by atoms with Crippen molar-refractivity contribution in [2.24, 2.45) is 0 Å². The van der Waals surface area contributed by atoms with Crippen LogP contribution in [-0.4, -0.2) is 12.4 Å². The van der Waals surface area contributed by atoms with Gasteiger partial charge in [-0.3, -0.25) is 0 Å². The van der Waals surface area contributed by atoms with Crippen molar-refractivity contribution >= 4 is 0 Å². The molecule has 0 spiro atoms. The first-order valence-corrected chi connectivity index (χ1v) is 5.20. The fourth-order valence-corrected chi connectivity index (χ4v) is 1.45. The molecular weight excluding hydrogens is 176 g/mol. The van der Waals surface area contributed by atoms with Crippen LogP contribution in [0.15, 0.2) is 24.3 Å². The van der Waals surface area contributed by atoms with Gasteiger partial charge < -0.3 is 9.47 Å². The minimum Gasteiger partial charge on any atom is -0.462 e. The lowest BCUT2D eigenvalue weighted by Gasteiger charge is -2.03. The maximum absolute atomic E-state index is 5.55. The Morgan fingerprint density at radius 2 is 1.93 bits per heavy atom. The van der Waals surface area contributed by atoms with Crippen LogP contribution in [0.5, 0.6) is 5.75 Å². The Hall–Kier alpha value is -1.02. The summed E-state index contributed by atoms with van der Waals surface area (Å²) in [6.45, 7) is 4.19. The number of hydrogen-bond acceptors (Lipinski definition) is 2. The molecule has 14 heavy (non-hydrogen) atoms. The average Bonchev–Trinajstić information content (AvgIpc) is 2.86. The molecule has 1 aromatic rings. The summed E-state index contributed by atoms with van der Waals surface area (Å²) in [6, 6.07) is 8.26. The predicted molar refractivity (Wildman–Crippen MR) is 55.4 cm³/mol. The van der Waals surface area contributed by atoms with Gasteiger partial charge in [0, 0.05) is 0 Å². The van der Waals surface area contributed by atoms with E-state index in [0.29, 0.717) is 0 Å². The highest BCUT2D eigenvalue weighted by atomic mass is 16.8. The summed E-state index contributed by atoms with van der Waals surface area (Å²) in [5, 5.41) is 0. The van der Waals surface area contributed by atoms with E-state index in [1.807, 2.05) is 19.1 Å². The first kappa shape index (κ1) is 9.53. The molecule has 0 amide bonds. The SMILES string of the molecule is CCCc1ccc(OC2OC2C)cc1. The van der Waals surface area contributed by atoms with Gasteiger partial charge in [-0.05, 0) is 31.0 Å². The van der Waals surface area contributed by atoms with Crippen molar-refractivity contribution in [3.8, 4) is 5.75 Å². The van der Waals surface area contributed by atoms with Crippen LogP contribution in [0.2, 0.25) is 0 Å². The van der Waals surface area contributed by atoms with Crippen molar-refractivity contribution in [2.45, 2.75) is 39.1 Å². The highest BCUT2D eigenvalue weighted by Crippen LogP contribution is 2.25. The molecule has 1 saturated heterocycles. The largest absolute Gasteiger partial charge is 0.462 e. The molecule has 2 heteroatoms. The molecule has 2 rings (SSSR count). The van der Waals surface area contributed by atoms with Gasteiger partial charge in [-0.2, -0.15) is 0 Å². The van der Waals surface area contributed by atoms with Crippen LogP contribution < -0.4 is 4.74 Å². The lowest BCUT2D eigenvalue weighted by molar-refractivity contribution is 0.178. The highest BCUT2D eigenvalue weighted by molar-refractivity contribution is 5.27. The topological polar surface area (TPSA) is 21.8 Å². The molecule has 0 bridgehead atoms. The van der Waals surface area contributed by atoms with Crippen LogP contribution in [0.4, 0.5) is 0 Å². The molecule has 2 atom stereocenters. The first-order valence-electron chi connectivity index (χ1n) is 5.20. The van der Waals surface area contributed by atoms with E-state index in [1.54, 1.807) is 0 Å². The lowest BCUT2D eigenvalue weighted by Crippen LogP contribution is -2.00. The van der Waals surface area contributed by atoms with Gasteiger partial charge in [0.1, 0.15) is 11.9 Å². The van der Waals surface area contributed by atoms with Gasteiger partial charge >= 0.3 is 0 Å². The lowest BCUT2D eigenvalue weighted by atomic mass is 10.1. The summed E-state index contributed by atoms with van der Waals surface area (Å²) in [6.07, 6.45) is 2.55. The highest BCUT2D eigenvalue weighted by Gasteiger charge is 2.36. The Morgan fingerprint density at radius 3 is 2.43 bits per heavy atom. The maximum Gasteiger partial charge on any atom is 0.226 e. The molecule has 2 nitrogen and oxygen atoms in total. The van der Waals surface area contributed by atoms with Crippen molar-refractivity contribution < 1.29 is 9.47 Å². The Labute approximate surface area is 84.8 Å². The third-order valence-electron chi connectivity index (χ3n) is 2.37. The van der Waals surface area contributed by atoms with Crippen LogP contribution in [0, 0.1) is 0 Å². The molecular formula is C12H16O2. The third kappa shape index (κ3) is 2.26. The van der Waals surface area contributed by atoms with Crippen LogP contribution >= 0.6 is 0 Å². The van der Waals surface area contributed by atoms with Gasteiger partial charge in [-0.15, -0.1) is 0 Å². The smallest absolute Gasteiger partial charge is 0.226 e. The molecule has 1 aromatic carbocycles. The van der Waals surface area contributed by atoms with Crippen molar-refractivity contribution in [2.75, 3.05) is 0 Å². The number of hydrogen-bond donors (Lipinski definition) is 0. The second-order valence-electron chi connectivity index (χ2n) is 3.72. The summed E-state index contributed by atoms with van der Waals surface area (Å²) in [5.74, 6) is 0.902. The summed E-state index contributed by atoms with van der Waals surface area (Å²) in [4.78, 5) is 0. The van der Waals surface area contributed by atoms with Crippen molar-refractivity contribution in [3.63, 3.8) is 0 Å². The van der Waals surface area contributed by atoms with Gasteiger partial charge in [0.15, 0.2) is 0 Å². The first-order chi connectivity index (χ1) is 6.79. The molecule has 0 saturated carbocycles. The van der Waals surface area contributed by atoms with Crippen molar-refractivity contribution in [3.05, 3.63) is 29.8 Å². The minimum absolute atomic E-state index is 0.0213. The fraction of sp³-hybridized carbons (Fsp3) is 0.500. The van der Waals surface area contributed by atoms with Crippen LogP contribution in [0.1, 0.15) is 25.8 Å². The number of rotatable bonds is 4. The summed E-state index contributed by atoms with van der Waals surface area (Å²) in [7, 11) is 0. The third-order valence-corrected chi connectivity index (χ3v) is 2.37. The summed E-state index contributed by atoms with van der Waals surface area (Å²) >= 11 is 0. The summed E-state index contributed by atoms with van der Waals surface area (Å²) < 4.78 is 10.7. The van der Waals surface area contributed by atoms with Crippen LogP contribution in [0.3, 0.4) is 0 Å². The predicted octanol–water partition coefficient (Wildman–Crippen LogP) is 2.76. The molecule has 0 N–H and O–H groups in total. The van der Waals surface area contributed by atoms with Gasteiger partial charge in [-0.1, -0.05) is 25.5 Å². The molecule has 1 heterocycles. The standard InChI is InChI=1S/C12H16O2/c1-3-4-10-5-7-11(8-6-10)14-12-9(2)13-12/h5-9,12H,3-4H2,1-2H3. The van der Waals surface area contributed by atoms with Crippen molar-refractivity contribution in [1.82, 2.24) is 0 Å². The minimum atomic E-state index is -0.0213. The van der Waals surface area contributed by atoms with Gasteiger partial charge in [0.25, 0.3) is 0 Å². The normalized spacial score (nSPS) is 24.7. The molecule has 1 aliphatic rings. The van der Waals surface area contributed by atoms with E-state index in [2.05, 4.69) is 19.1 Å². The number of ether oxygens (including phenoxy) is 2. The van der Waals surface area contributed by atoms with E-state index in [-0.39, 0.29) is 12.4 Å². The second-order valence-corrected chi connectivity index (χ2v) is 3.72. The maximum atomic E-state index is 5.55. The molecule has 1 aliphatic heterocycles. The van der Waals surface area contributed by atoms with Crippen molar-refractivity contribution in [1.29, 1.82) is 0 Å². The van der Waals surface area contributed by atoms with E-state index >= 15 is 0 Å². The number of epoxide rings is 1. The van der Waals surface area contributed by atoms with E-state index in [0.717, 1.165) is 12.2 Å². The summed E-state index contributed by atoms with van der Waals surface area (Å²) in [5.41, 5.74) is 1.37.